The number of aryl methyl sites for hydroxylation is 2. The number of carbonyl (C=O) groups is 1. The first kappa shape index (κ1) is 14.4. The van der Waals surface area contributed by atoms with E-state index in [1.54, 1.807) is 0 Å². The second kappa shape index (κ2) is 6.52. The summed E-state index contributed by atoms with van der Waals surface area (Å²) in [6, 6.07) is 13.4. The molecule has 0 atom stereocenters. The van der Waals surface area contributed by atoms with Crippen LogP contribution in [0.4, 0.5) is 5.69 Å². The number of hydrogen-bond acceptors (Lipinski definition) is 3. The molecular formula is C18H19NO3. The molecule has 0 bridgehead atoms. The van der Waals surface area contributed by atoms with Crippen LogP contribution in [0, 0.1) is 6.92 Å². The van der Waals surface area contributed by atoms with Gasteiger partial charge in [-0.15, -0.1) is 0 Å². The predicted molar refractivity (Wildman–Crippen MR) is 85.6 cm³/mol. The van der Waals surface area contributed by atoms with Crippen LogP contribution in [0.5, 0.6) is 11.5 Å². The SMILES string of the molecule is Cc1ccc(OCC(=O)Nc2cccc3c2OCCC3)cc1. The molecule has 0 saturated heterocycles. The van der Waals surface area contributed by atoms with E-state index in [0.29, 0.717) is 12.4 Å². The van der Waals surface area contributed by atoms with E-state index in [9.17, 15) is 4.79 Å². The molecule has 0 aromatic heterocycles. The number of ether oxygens (including phenoxy) is 2. The molecule has 1 aliphatic heterocycles. The van der Waals surface area contributed by atoms with Crippen molar-refractivity contribution >= 4 is 11.6 Å². The number of rotatable bonds is 4. The summed E-state index contributed by atoms with van der Waals surface area (Å²) in [5.41, 5.74) is 3.02. The van der Waals surface area contributed by atoms with Gasteiger partial charge in [0.05, 0.1) is 12.3 Å². The lowest BCUT2D eigenvalue weighted by atomic mass is 10.1. The molecule has 1 aliphatic rings. The summed E-state index contributed by atoms with van der Waals surface area (Å²) in [6.45, 7) is 2.68. The number of benzene rings is 2. The smallest absolute Gasteiger partial charge is 0.262 e. The van der Waals surface area contributed by atoms with Crippen LogP contribution in [0.1, 0.15) is 17.5 Å². The number of para-hydroxylation sites is 1. The molecule has 4 heteroatoms. The van der Waals surface area contributed by atoms with E-state index in [0.717, 1.165) is 35.4 Å². The van der Waals surface area contributed by atoms with Crippen LogP contribution in [0.25, 0.3) is 0 Å². The molecule has 3 rings (SSSR count). The van der Waals surface area contributed by atoms with Crippen molar-refractivity contribution < 1.29 is 14.3 Å². The van der Waals surface area contributed by atoms with Gasteiger partial charge in [0.1, 0.15) is 11.5 Å². The van der Waals surface area contributed by atoms with Crippen LogP contribution >= 0.6 is 0 Å². The second-order valence-corrected chi connectivity index (χ2v) is 5.40. The van der Waals surface area contributed by atoms with Gasteiger partial charge in [0.2, 0.25) is 0 Å². The maximum absolute atomic E-state index is 12.0. The maximum Gasteiger partial charge on any atom is 0.262 e. The fraction of sp³-hybridized carbons (Fsp3) is 0.278. The molecule has 4 nitrogen and oxygen atoms in total. The van der Waals surface area contributed by atoms with Crippen molar-refractivity contribution in [2.75, 3.05) is 18.5 Å². The van der Waals surface area contributed by atoms with Gasteiger partial charge in [-0.25, -0.2) is 0 Å². The number of hydrogen-bond donors (Lipinski definition) is 1. The Morgan fingerprint density at radius 2 is 2.05 bits per heavy atom. The van der Waals surface area contributed by atoms with Crippen molar-refractivity contribution in [2.24, 2.45) is 0 Å². The number of fused-ring (bicyclic) bond motifs is 1. The zero-order valence-corrected chi connectivity index (χ0v) is 12.6. The number of anilines is 1. The zero-order valence-electron chi connectivity index (χ0n) is 12.6. The summed E-state index contributed by atoms with van der Waals surface area (Å²) in [4.78, 5) is 12.0. The highest BCUT2D eigenvalue weighted by Gasteiger charge is 2.15. The molecule has 22 heavy (non-hydrogen) atoms. The van der Waals surface area contributed by atoms with Gasteiger partial charge in [-0.1, -0.05) is 29.8 Å². The highest BCUT2D eigenvalue weighted by Crippen LogP contribution is 2.32. The summed E-state index contributed by atoms with van der Waals surface area (Å²) in [6.07, 6.45) is 2.00. The van der Waals surface area contributed by atoms with Gasteiger partial charge in [-0.2, -0.15) is 0 Å². The number of amides is 1. The lowest BCUT2D eigenvalue weighted by molar-refractivity contribution is -0.118. The van der Waals surface area contributed by atoms with E-state index in [1.807, 2.05) is 49.4 Å². The highest BCUT2D eigenvalue weighted by molar-refractivity contribution is 5.93. The molecule has 0 saturated carbocycles. The van der Waals surface area contributed by atoms with Crippen LogP contribution in [0.3, 0.4) is 0 Å². The third-order valence-electron chi connectivity index (χ3n) is 3.60. The van der Waals surface area contributed by atoms with E-state index in [1.165, 1.54) is 0 Å². The molecule has 2 aromatic rings. The van der Waals surface area contributed by atoms with Gasteiger partial charge < -0.3 is 14.8 Å². The van der Waals surface area contributed by atoms with Crippen molar-refractivity contribution in [3.63, 3.8) is 0 Å². The molecule has 1 N–H and O–H groups in total. The first-order chi connectivity index (χ1) is 10.7. The van der Waals surface area contributed by atoms with Gasteiger partial charge >= 0.3 is 0 Å². The Morgan fingerprint density at radius 3 is 2.86 bits per heavy atom. The Hall–Kier alpha value is -2.49. The first-order valence-electron chi connectivity index (χ1n) is 7.46. The molecule has 1 heterocycles. The molecule has 1 amide bonds. The van der Waals surface area contributed by atoms with E-state index in [4.69, 9.17) is 9.47 Å². The number of carbonyl (C=O) groups excluding carboxylic acids is 1. The zero-order chi connectivity index (χ0) is 15.4. The third kappa shape index (κ3) is 3.39. The fourth-order valence-corrected chi connectivity index (χ4v) is 2.46. The minimum atomic E-state index is -0.192. The summed E-state index contributed by atoms with van der Waals surface area (Å²) < 4.78 is 11.2. The van der Waals surface area contributed by atoms with E-state index < -0.39 is 0 Å². The Bertz CT molecular complexity index is 665. The standard InChI is InChI=1S/C18H19NO3/c1-13-7-9-15(10-8-13)22-12-17(20)19-16-6-2-4-14-5-3-11-21-18(14)16/h2,4,6-10H,3,5,11-12H2,1H3,(H,19,20). The molecule has 0 aliphatic carbocycles. The van der Waals surface area contributed by atoms with E-state index >= 15 is 0 Å². The van der Waals surface area contributed by atoms with Crippen molar-refractivity contribution in [1.82, 2.24) is 0 Å². The van der Waals surface area contributed by atoms with Crippen LogP contribution in [0.2, 0.25) is 0 Å². The van der Waals surface area contributed by atoms with Crippen molar-refractivity contribution in [2.45, 2.75) is 19.8 Å². The van der Waals surface area contributed by atoms with E-state index in [-0.39, 0.29) is 12.5 Å². The van der Waals surface area contributed by atoms with Crippen LogP contribution < -0.4 is 14.8 Å². The Morgan fingerprint density at radius 1 is 1.23 bits per heavy atom. The molecule has 114 valence electrons. The van der Waals surface area contributed by atoms with Gasteiger partial charge in [-0.3, -0.25) is 4.79 Å². The lowest BCUT2D eigenvalue weighted by Gasteiger charge is -2.20. The third-order valence-corrected chi connectivity index (χ3v) is 3.60. The Balaban J connectivity index is 1.61. The van der Waals surface area contributed by atoms with Crippen LogP contribution in [0.15, 0.2) is 42.5 Å². The fourth-order valence-electron chi connectivity index (χ4n) is 2.46. The minimum absolute atomic E-state index is 0.0211. The molecule has 0 radical (unpaired) electrons. The molecular weight excluding hydrogens is 278 g/mol. The van der Waals surface area contributed by atoms with Gasteiger partial charge in [-0.05, 0) is 43.5 Å². The van der Waals surface area contributed by atoms with Gasteiger partial charge in [0, 0.05) is 0 Å². The average Bonchev–Trinajstić information content (AvgIpc) is 2.55. The Kier molecular flexibility index (Phi) is 4.28. The Labute approximate surface area is 130 Å². The first-order valence-corrected chi connectivity index (χ1v) is 7.46. The summed E-state index contributed by atoms with van der Waals surface area (Å²) >= 11 is 0. The highest BCUT2D eigenvalue weighted by atomic mass is 16.5. The van der Waals surface area contributed by atoms with Crippen molar-refractivity contribution in [3.8, 4) is 11.5 Å². The second-order valence-electron chi connectivity index (χ2n) is 5.40. The average molecular weight is 297 g/mol. The largest absolute Gasteiger partial charge is 0.491 e. The topological polar surface area (TPSA) is 47.6 Å². The van der Waals surface area contributed by atoms with Crippen LogP contribution in [-0.2, 0) is 11.2 Å². The summed E-state index contributed by atoms with van der Waals surface area (Å²) in [5, 5.41) is 2.86. The molecule has 0 unspecified atom stereocenters. The van der Waals surface area contributed by atoms with Crippen molar-refractivity contribution in [3.05, 3.63) is 53.6 Å². The van der Waals surface area contributed by atoms with Crippen molar-refractivity contribution in [1.29, 1.82) is 0 Å². The summed E-state index contributed by atoms with van der Waals surface area (Å²) in [7, 11) is 0. The lowest BCUT2D eigenvalue weighted by Crippen LogP contribution is -2.21. The molecule has 0 fully saturated rings. The minimum Gasteiger partial charge on any atom is -0.491 e. The van der Waals surface area contributed by atoms with Gasteiger partial charge in [0.15, 0.2) is 6.61 Å². The maximum atomic E-state index is 12.0. The number of nitrogens with one attached hydrogen (secondary N) is 1. The van der Waals surface area contributed by atoms with Gasteiger partial charge in [0.25, 0.3) is 5.91 Å². The predicted octanol–water partition coefficient (Wildman–Crippen LogP) is 3.34. The molecule has 2 aromatic carbocycles. The van der Waals surface area contributed by atoms with E-state index in [2.05, 4.69) is 5.32 Å². The summed E-state index contributed by atoms with van der Waals surface area (Å²) in [5.74, 6) is 1.28. The monoisotopic (exact) mass is 297 g/mol. The normalized spacial score (nSPS) is 13.0. The van der Waals surface area contributed by atoms with Crippen LogP contribution in [-0.4, -0.2) is 19.1 Å². The quantitative estimate of drug-likeness (QED) is 0.941. The molecule has 0 spiro atoms.